The molecule has 0 aliphatic carbocycles. The second kappa shape index (κ2) is 13.8. The minimum Gasteiger partial charge on any atom is -0.354 e. The van der Waals surface area contributed by atoms with Crippen LogP contribution in [0.3, 0.4) is 0 Å². The highest BCUT2D eigenvalue weighted by molar-refractivity contribution is 7.92. The van der Waals surface area contributed by atoms with Gasteiger partial charge in [0.25, 0.3) is 0 Å². The number of carbonyl (C=O) groups excluding carboxylic acids is 2. The van der Waals surface area contributed by atoms with Crippen molar-refractivity contribution in [2.24, 2.45) is 0 Å². The van der Waals surface area contributed by atoms with Gasteiger partial charge in [-0.25, -0.2) is 8.42 Å². The van der Waals surface area contributed by atoms with Crippen molar-refractivity contribution >= 4 is 50.7 Å². The van der Waals surface area contributed by atoms with Crippen molar-refractivity contribution in [3.8, 4) is 0 Å². The summed E-state index contributed by atoms with van der Waals surface area (Å²) >= 11 is 12.5. The number of aryl methyl sites for hydroxylation is 1. The Balaban J connectivity index is 2.08. The number of anilines is 1. The summed E-state index contributed by atoms with van der Waals surface area (Å²) < 4.78 is 26.7. The van der Waals surface area contributed by atoms with E-state index in [-0.39, 0.29) is 34.6 Å². The highest BCUT2D eigenvalue weighted by atomic mass is 35.5. The molecule has 3 aromatic carbocycles. The van der Waals surface area contributed by atoms with Gasteiger partial charge >= 0.3 is 0 Å². The van der Waals surface area contributed by atoms with Gasteiger partial charge in [-0.05, 0) is 48.2 Å². The van der Waals surface area contributed by atoms with Crippen LogP contribution in [0.25, 0.3) is 0 Å². The summed E-state index contributed by atoms with van der Waals surface area (Å²) in [6.45, 7) is 3.88. The van der Waals surface area contributed by atoms with Crippen molar-refractivity contribution in [1.29, 1.82) is 0 Å². The molecule has 2 amide bonds. The molecule has 1 unspecified atom stereocenters. The smallest absolute Gasteiger partial charge is 0.244 e. The Hall–Kier alpha value is -3.07. The lowest BCUT2D eigenvalue weighted by Crippen LogP contribution is -2.53. The average Bonchev–Trinajstić information content (AvgIpc) is 2.90. The minimum absolute atomic E-state index is 0.0888. The molecule has 10 heteroatoms. The zero-order chi connectivity index (χ0) is 28.6. The van der Waals surface area contributed by atoms with Gasteiger partial charge in [0, 0.05) is 24.5 Å². The lowest BCUT2D eigenvalue weighted by atomic mass is 10.0. The Morgan fingerprint density at radius 3 is 2.28 bits per heavy atom. The van der Waals surface area contributed by atoms with Crippen LogP contribution in [0, 0.1) is 6.92 Å². The first-order valence-corrected chi connectivity index (χ1v) is 15.2. The monoisotopic (exact) mass is 589 g/mol. The van der Waals surface area contributed by atoms with Gasteiger partial charge in [0.15, 0.2) is 0 Å². The predicted octanol–water partition coefficient (Wildman–Crippen LogP) is 5.23. The van der Waals surface area contributed by atoms with E-state index in [9.17, 15) is 18.0 Å². The van der Waals surface area contributed by atoms with Crippen LogP contribution in [0.4, 0.5) is 5.69 Å². The van der Waals surface area contributed by atoms with E-state index in [4.69, 9.17) is 23.2 Å². The van der Waals surface area contributed by atoms with Crippen molar-refractivity contribution in [1.82, 2.24) is 10.2 Å². The molecule has 0 saturated carbocycles. The van der Waals surface area contributed by atoms with Crippen LogP contribution in [-0.2, 0) is 32.6 Å². The molecule has 0 saturated heterocycles. The number of amides is 2. The van der Waals surface area contributed by atoms with Gasteiger partial charge in [-0.3, -0.25) is 13.9 Å². The Labute approximate surface area is 240 Å². The van der Waals surface area contributed by atoms with Crippen LogP contribution < -0.4 is 9.62 Å². The summed E-state index contributed by atoms with van der Waals surface area (Å²) in [6.07, 6.45) is 1.98. The third-order valence-corrected chi connectivity index (χ3v) is 7.96. The summed E-state index contributed by atoms with van der Waals surface area (Å²) in [7, 11) is -3.94. The number of benzene rings is 3. The first-order chi connectivity index (χ1) is 18.5. The maximum absolute atomic E-state index is 14.1. The third kappa shape index (κ3) is 8.46. The molecule has 0 aromatic heterocycles. The minimum atomic E-state index is -3.94. The molecule has 0 bridgehead atoms. The Morgan fingerprint density at radius 1 is 0.974 bits per heavy atom. The van der Waals surface area contributed by atoms with Gasteiger partial charge in [0.1, 0.15) is 12.6 Å². The number of hydrogen-bond donors (Lipinski definition) is 1. The molecule has 0 fully saturated rings. The van der Waals surface area contributed by atoms with Crippen LogP contribution in [0.2, 0.25) is 10.0 Å². The van der Waals surface area contributed by atoms with E-state index in [2.05, 4.69) is 5.32 Å². The van der Waals surface area contributed by atoms with E-state index in [1.165, 1.54) is 23.1 Å². The first kappa shape index (κ1) is 30.5. The van der Waals surface area contributed by atoms with Crippen molar-refractivity contribution in [3.63, 3.8) is 0 Å². The van der Waals surface area contributed by atoms with Crippen LogP contribution in [-0.4, -0.2) is 50.5 Å². The fourth-order valence-electron chi connectivity index (χ4n) is 4.16. The highest BCUT2D eigenvalue weighted by Crippen LogP contribution is 2.31. The van der Waals surface area contributed by atoms with Gasteiger partial charge in [-0.1, -0.05) is 84.7 Å². The van der Waals surface area contributed by atoms with Crippen LogP contribution in [0.15, 0.2) is 72.8 Å². The fourth-order valence-corrected chi connectivity index (χ4v) is 5.45. The number of halogens is 2. The second-order valence-electron chi connectivity index (χ2n) is 9.31. The van der Waals surface area contributed by atoms with E-state index in [0.29, 0.717) is 6.54 Å². The van der Waals surface area contributed by atoms with Crippen molar-refractivity contribution < 1.29 is 18.0 Å². The molecule has 7 nitrogen and oxygen atoms in total. The zero-order valence-corrected chi connectivity index (χ0v) is 24.6. The van der Waals surface area contributed by atoms with E-state index in [1.54, 1.807) is 0 Å². The van der Waals surface area contributed by atoms with Gasteiger partial charge in [-0.15, -0.1) is 0 Å². The van der Waals surface area contributed by atoms with Gasteiger partial charge in [0.2, 0.25) is 21.8 Å². The summed E-state index contributed by atoms with van der Waals surface area (Å²) in [5.74, 6) is -0.860. The summed E-state index contributed by atoms with van der Waals surface area (Å²) in [5, 5.41) is 3.32. The third-order valence-electron chi connectivity index (χ3n) is 6.28. The number of rotatable bonds is 12. The topological polar surface area (TPSA) is 86.8 Å². The molecular weight excluding hydrogens is 557 g/mol. The Bertz CT molecular complexity index is 1400. The SMILES string of the molecule is CCCNC(=O)C(Cc1ccccc1)N(Cc1ccccc1C)C(=O)CN(c1cc(Cl)ccc1Cl)S(C)(=O)=O. The van der Waals surface area contributed by atoms with E-state index < -0.39 is 28.5 Å². The molecule has 3 aromatic rings. The van der Waals surface area contributed by atoms with E-state index in [0.717, 1.165) is 33.7 Å². The molecule has 0 radical (unpaired) electrons. The van der Waals surface area contributed by atoms with Crippen molar-refractivity contribution in [2.75, 3.05) is 23.7 Å². The molecule has 3 rings (SSSR count). The summed E-state index contributed by atoms with van der Waals surface area (Å²) in [5.41, 5.74) is 2.75. The summed E-state index contributed by atoms with van der Waals surface area (Å²) in [4.78, 5) is 29.0. The molecule has 208 valence electrons. The van der Waals surface area contributed by atoms with Crippen LogP contribution in [0.5, 0.6) is 0 Å². The average molecular weight is 591 g/mol. The molecule has 1 atom stereocenters. The number of sulfonamides is 1. The number of nitrogens with zero attached hydrogens (tertiary/aromatic N) is 2. The quantitative estimate of drug-likeness (QED) is 0.313. The molecule has 0 aliphatic rings. The van der Waals surface area contributed by atoms with Gasteiger partial charge < -0.3 is 10.2 Å². The lowest BCUT2D eigenvalue weighted by molar-refractivity contribution is -0.140. The predicted molar refractivity (Wildman–Crippen MR) is 158 cm³/mol. The molecule has 0 heterocycles. The maximum Gasteiger partial charge on any atom is 0.244 e. The van der Waals surface area contributed by atoms with Gasteiger partial charge in [-0.2, -0.15) is 0 Å². The zero-order valence-electron chi connectivity index (χ0n) is 22.2. The summed E-state index contributed by atoms with van der Waals surface area (Å²) in [6, 6.07) is 20.5. The van der Waals surface area contributed by atoms with Crippen molar-refractivity contribution in [3.05, 3.63) is 99.5 Å². The van der Waals surface area contributed by atoms with Crippen molar-refractivity contribution in [2.45, 2.75) is 39.3 Å². The van der Waals surface area contributed by atoms with Gasteiger partial charge in [0.05, 0.1) is 17.0 Å². The van der Waals surface area contributed by atoms with E-state index >= 15 is 0 Å². The maximum atomic E-state index is 14.1. The fraction of sp³-hybridized carbons (Fsp3) is 0.310. The molecule has 1 N–H and O–H groups in total. The first-order valence-electron chi connectivity index (χ1n) is 12.6. The van der Waals surface area contributed by atoms with Crippen LogP contribution >= 0.6 is 23.2 Å². The molecule has 0 aliphatic heterocycles. The Kier molecular flexibility index (Phi) is 10.8. The molecule has 39 heavy (non-hydrogen) atoms. The lowest BCUT2D eigenvalue weighted by Gasteiger charge is -2.34. The number of nitrogens with one attached hydrogen (secondary N) is 1. The molecule has 0 spiro atoms. The number of hydrogen-bond acceptors (Lipinski definition) is 4. The second-order valence-corrected chi connectivity index (χ2v) is 12.1. The standard InChI is InChI=1S/C29H33Cl2N3O4S/c1-4-16-32-29(36)27(17-22-11-6-5-7-12-22)33(19-23-13-9-8-10-21(23)2)28(35)20-34(39(3,37)38)26-18-24(30)14-15-25(26)31/h5-15,18,27H,4,16-17,19-20H2,1-3H3,(H,32,36). The van der Waals surface area contributed by atoms with E-state index in [1.807, 2.05) is 68.4 Å². The molecular formula is C29H33Cl2N3O4S. The largest absolute Gasteiger partial charge is 0.354 e. The normalized spacial score (nSPS) is 12.0. The Morgan fingerprint density at radius 2 is 1.64 bits per heavy atom. The van der Waals surface area contributed by atoms with Crippen LogP contribution in [0.1, 0.15) is 30.0 Å². The number of carbonyl (C=O) groups is 2. The highest BCUT2D eigenvalue weighted by Gasteiger charge is 2.33.